The Morgan fingerprint density at radius 3 is 2.00 bits per heavy atom. The number of benzene rings is 1. The van der Waals surface area contributed by atoms with Crippen LogP contribution in [-0.2, 0) is 20.9 Å². The van der Waals surface area contributed by atoms with Gasteiger partial charge in [-0.05, 0) is 24.3 Å². The van der Waals surface area contributed by atoms with Crippen molar-refractivity contribution < 1.29 is 25.2 Å². The van der Waals surface area contributed by atoms with E-state index in [-0.39, 0.29) is 6.01 Å². The van der Waals surface area contributed by atoms with Crippen LogP contribution >= 0.6 is 0 Å². The van der Waals surface area contributed by atoms with Crippen molar-refractivity contribution in [2.75, 3.05) is 0 Å². The van der Waals surface area contributed by atoms with E-state index in [0.717, 1.165) is 0 Å². The van der Waals surface area contributed by atoms with Crippen molar-refractivity contribution in [2.24, 2.45) is 5.14 Å². The number of aromatic nitrogens is 3. The van der Waals surface area contributed by atoms with Crippen LogP contribution in [0.2, 0.25) is 0 Å². The Balaban J connectivity index is 0.000000238. The van der Waals surface area contributed by atoms with Gasteiger partial charge < -0.3 is 9.17 Å². The molecule has 3 rings (SSSR count). The van der Waals surface area contributed by atoms with Gasteiger partial charge in [0.15, 0.2) is 0 Å². The van der Waals surface area contributed by atoms with Gasteiger partial charge in [0.05, 0.1) is 11.0 Å². The van der Waals surface area contributed by atoms with Crippen LogP contribution in [-0.4, -0.2) is 36.0 Å². The largest absolute Gasteiger partial charge is 0.425 e. The first-order valence-corrected chi connectivity index (χ1v) is 8.54. The van der Waals surface area contributed by atoms with E-state index in [1.807, 2.05) is 18.2 Å². The van der Waals surface area contributed by atoms with Gasteiger partial charge in [-0.1, -0.05) is 18.2 Å². The fourth-order valence-corrected chi connectivity index (χ4v) is 1.69. The third kappa shape index (κ3) is 8.57. The number of hydrogen-bond acceptors (Lipinski definition) is 8. The normalized spacial score (nSPS) is 9.88. The first-order valence-electron chi connectivity index (χ1n) is 6.06. The van der Waals surface area contributed by atoms with Crippen LogP contribution in [0.5, 0.6) is 6.01 Å². The van der Waals surface area contributed by atoms with Gasteiger partial charge in [-0.2, -0.15) is 18.5 Å². The number of nitrogens with one attached hydrogen (secondary N) is 1. The number of pyridine rings is 1. The Labute approximate surface area is 138 Å². The predicted octanol–water partition coefficient (Wildman–Crippen LogP) is 0.223. The number of H-pyrrole nitrogens is 1. The van der Waals surface area contributed by atoms with Gasteiger partial charge in [0, 0.05) is 12.4 Å². The number of rotatable bonds is 2. The number of fused-ring (bicyclic) bond motifs is 1. The minimum Gasteiger partial charge on any atom is -0.334 e. The molecule has 3 aromatic rings. The van der Waals surface area contributed by atoms with E-state index in [0.29, 0.717) is 11.0 Å². The molecule has 0 spiro atoms. The molecule has 3 N–H and O–H groups in total. The SMILES string of the molecule is NS(=O)(=O)Oc1nc2ccccc2[nH]1.O=S(=O)=O.c1ccncc1. The molecule has 128 valence electrons. The molecule has 12 heteroatoms. The third-order valence-electron chi connectivity index (χ3n) is 2.13. The Hall–Kier alpha value is -2.83. The minimum atomic E-state index is -4.02. The fraction of sp³-hybridized carbons (Fsp3) is 0. The predicted molar refractivity (Wildman–Crippen MR) is 83.8 cm³/mol. The second-order valence-electron chi connectivity index (χ2n) is 3.86. The highest BCUT2D eigenvalue weighted by Crippen LogP contribution is 2.15. The monoisotopic (exact) mass is 372 g/mol. The topological polar surface area (TPSA) is 162 Å². The molecule has 1 aromatic carbocycles. The number of para-hydroxylation sites is 2. The number of imidazole rings is 1. The Kier molecular flexibility index (Phi) is 7.48. The smallest absolute Gasteiger partial charge is 0.334 e. The van der Waals surface area contributed by atoms with Gasteiger partial charge in [0.1, 0.15) is 0 Å². The van der Waals surface area contributed by atoms with E-state index in [2.05, 4.69) is 24.3 Å². The van der Waals surface area contributed by atoms with Crippen molar-refractivity contribution in [2.45, 2.75) is 0 Å². The van der Waals surface area contributed by atoms with Crippen LogP contribution < -0.4 is 9.32 Å². The molecule has 2 aromatic heterocycles. The molecule has 0 aliphatic carbocycles. The summed E-state index contributed by atoms with van der Waals surface area (Å²) in [6, 6.07) is 12.6. The van der Waals surface area contributed by atoms with Gasteiger partial charge in [0.25, 0.3) is 0 Å². The van der Waals surface area contributed by atoms with Crippen LogP contribution in [0, 0.1) is 0 Å². The zero-order valence-corrected chi connectivity index (χ0v) is 13.6. The van der Waals surface area contributed by atoms with Crippen molar-refractivity contribution in [3.8, 4) is 6.01 Å². The maximum Gasteiger partial charge on any atom is 0.425 e. The lowest BCUT2D eigenvalue weighted by Crippen LogP contribution is -2.19. The molecule has 0 aliphatic rings. The van der Waals surface area contributed by atoms with Crippen molar-refractivity contribution in [1.29, 1.82) is 0 Å². The average Bonchev–Trinajstić information content (AvgIpc) is 2.89. The molecule has 0 amide bonds. The molecule has 2 heterocycles. The highest BCUT2D eigenvalue weighted by molar-refractivity contribution is 7.84. The standard InChI is InChI=1S/C7H7N3O3S.C5H5N.O3S/c8-14(11,12)13-7-9-5-3-1-2-4-6(5)10-7;1-2-4-6-5-3-1;1-4(2)3/h1-4H,(H,9,10)(H2,8,11,12);1-5H;. The summed E-state index contributed by atoms with van der Waals surface area (Å²) in [7, 11) is -7.13. The zero-order valence-electron chi connectivity index (χ0n) is 11.9. The van der Waals surface area contributed by atoms with Gasteiger partial charge in [-0.15, -0.1) is 12.6 Å². The van der Waals surface area contributed by atoms with E-state index in [1.54, 1.807) is 36.7 Å². The number of aromatic amines is 1. The molecule has 24 heavy (non-hydrogen) atoms. The molecular weight excluding hydrogens is 360 g/mol. The van der Waals surface area contributed by atoms with Crippen LogP contribution in [0.3, 0.4) is 0 Å². The molecule has 0 fully saturated rings. The molecule has 0 bridgehead atoms. The molecular formula is C12H12N4O6S2. The average molecular weight is 372 g/mol. The lowest BCUT2D eigenvalue weighted by Gasteiger charge is -1.94. The highest BCUT2D eigenvalue weighted by Gasteiger charge is 2.09. The van der Waals surface area contributed by atoms with Crippen LogP contribution in [0.4, 0.5) is 0 Å². The van der Waals surface area contributed by atoms with Crippen molar-refractivity contribution in [3.63, 3.8) is 0 Å². The first-order chi connectivity index (χ1) is 11.3. The van der Waals surface area contributed by atoms with Crippen molar-refractivity contribution in [3.05, 3.63) is 54.9 Å². The summed E-state index contributed by atoms with van der Waals surface area (Å²) in [5, 5.41) is 4.68. The van der Waals surface area contributed by atoms with Gasteiger partial charge >= 0.3 is 26.9 Å². The van der Waals surface area contributed by atoms with Gasteiger partial charge in [-0.25, -0.2) is 0 Å². The number of nitrogens with zero attached hydrogens (tertiary/aromatic N) is 2. The molecule has 0 radical (unpaired) electrons. The lowest BCUT2D eigenvalue weighted by molar-refractivity contribution is 0.470. The second kappa shape index (κ2) is 9.34. The highest BCUT2D eigenvalue weighted by atomic mass is 32.2. The number of nitrogens with two attached hydrogens (primary N) is 1. The van der Waals surface area contributed by atoms with E-state index in [1.165, 1.54) is 0 Å². The molecule has 0 unspecified atom stereocenters. The third-order valence-corrected chi connectivity index (χ3v) is 2.52. The zero-order chi connectivity index (χ0) is 18.0. The van der Waals surface area contributed by atoms with E-state index in [9.17, 15) is 8.42 Å². The summed E-state index contributed by atoms with van der Waals surface area (Å²) >= 11 is 0. The van der Waals surface area contributed by atoms with Crippen molar-refractivity contribution in [1.82, 2.24) is 15.0 Å². The number of hydrogen-bond donors (Lipinski definition) is 2. The maximum atomic E-state index is 10.6. The minimum absolute atomic E-state index is 0.131. The van der Waals surface area contributed by atoms with E-state index < -0.39 is 20.9 Å². The second-order valence-corrected chi connectivity index (χ2v) is 5.42. The Morgan fingerprint density at radius 2 is 1.58 bits per heavy atom. The fourth-order valence-electron chi connectivity index (χ4n) is 1.39. The summed E-state index contributed by atoms with van der Waals surface area (Å²) in [5.41, 5.74) is 1.30. The lowest BCUT2D eigenvalue weighted by atomic mass is 10.3. The van der Waals surface area contributed by atoms with Crippen LogP contribution in [0.25, 0.3) is 11.0 Å². The first kappa shape index (κ1) is 19.2. The summed E-state index contributed by atoms with van der Waals surface area (Å²) in [6.07, 6.45) is 3.50. The Morgan fingerprint density at radius 1 is 1.00 bits per heavy atom. The van der Waals surface area contributed by atoms with Crippen molar-refractivity contribution >= 4 is 31.9 Å². The molecule has 0 atom stereocenters. The molecule has 0 saturated heterocycles. The van der Waals surface area contributed by atoms with Gasteiger partial charge in [-0.3, -0.25) is 4.98 Å². The van der Waals surface area contributed by atoms with E-state index >= 15 is 0 Å². The van der Waals surface area contributed by atoms with Gasteiger partial charge in [0.2, 0.25) is 0 Å². The Bertz CT molecular complexity index is 905. The summed E-state index contributed by atoms with van der Waals surface area (Å²) < 4.78 is 50.8. The van der Waals surface area contributed by atoms with E-state index in [4.69, 9.17) is 12.6 Å². The molecule has 10 nitrogen and oxygen atoms in total. The maximum absolute atomic E-state index is 10.6. The molecule has 0 saturated carbocycles. The molecule has 0 aliphatic heterocycles. The summed E-state index contributed by atoms with van der Waals surface area (Å²) in [5.74, 6) is 0. The van der Waals surface area contributed by atoms with Crippen LogP contribution in [0.1, 0.15) is 0 Å². The summed E-state index contributed by atoms with van der Waals surface area (Å²) in [4.78, 5) is 10.3. The quantitative estimate of drug-likeness (QED) is 0.645. The summed E-state index contributed by atoms with van der Waals surface area (Å²) in [6.45, 7) is 0. The van der Waals surface area contributed by atoms with Crippen LogP contribution in [0.15, 0.2) is 54.9 Å².